The molecule has 0 aromatic heterocycles. The average Bonchev–Trinajstić information content (AvgIpc) is 2.34. The first-order chi connectivity index (χ1) is 9.55. The summed E-state index contributed by atoms with van der Waals surface area (Å²) >= 11 is 4.39. The molecule has 0 amide bonds. The zero-order chi connectivity index (χ0) is 16.7. The zero-order valence-electron chi connectivity index (χ0n) is 10.7. The summed E-state index contributed by atoms with van der Waals surface area (Å²) in [5, 5.41) is 0.344. The van der Waals surface area contributed by atoms with Crippen molar-refractivity contribution in [3.05, 3.63) is 24.6 Å². The van der Waals surface area contributed by atoms with Gasteiger partial charge in [0.1, 0.15) is 11.5 Å². The minimum Gasteiger partial charge on any atom is -0.484 e. The van der Waals surface area contributed by atoms with Crippen LogP contribution in [0.2, 0.25) is 0 Å². The number of benzene rings is 1. The Bertz CT molecular complexity index is 405. The van der Waals surface area contributed by atoms with E-state index in [1.807, 2.05) is 0 Å². The van der Waals surface area contributed by atoms with Gasteiger partial charge in [0.2, 0.25) is 0 Å². The van der Waals surface area contributed by atoms with Gasteiger partial charge in [0.25, 0.3) is 0 Å². The van der Waals surface area contributed by atoms with Gasteiger partial charge in [0, 0.05) is 26.5 Å². The van der Waals surface area contributed by atoms with Crippen LogP contribution in [-0.4, -0.2) is 25.6 Å². The summed E-state index contributed by atoms with van der Waals surface area (Å²) < 4.78 is 80.5. The van der Waals surface area contributed by atoms with E-state index in [1.165, 1.54) is 12.1 Å². The SMILES string of the molecule is FC(F)(F)COc1cc(P)cc(OCC(F)(F)F)c1.[CH2-]Cl.[Pd]. The Labute approximate surface area is 144 Å². The van der Waals surface area contributed by atoms with Crippen LogP contribution in [-0.2, 0) is 20.4 Å². The van der Waals surface area contributed by atoms with Crippen molar-refractivity contribution in [2.45, 2.75) is 12.4 Å². The summed E-state index contributed by atoms with van der Waals surface area (Å²) in [6.45, 7) is -3.06. The Balaban J connectivity index is 0. The number of alkyl halides is 6. The van der Waals surface area contributed by atoms with Crippen LogP contribution in [0.25, 0.3) is 0 Å². The second-order valence-corrected chi connectivity index (χ2v) is 4.21. The normalized spacial score (nSPS) is 11.0. The molecule has 132 valence electrons. The molecule has 0 N–H and O–H groups in total. The molecule has 0 saturated carbocycles. The maximum absolute atomic E-state index is 11.9. The largest absolute Gasteiger partial charge is 0.484 e. The Morgan fingerprint density at radius 3 is 1.45 bits per heavy atom. The van der Waals surface area contributed by atoms with Gasteiger partial charge in [-0.05, 0) is 17.4 Å². The quantitative estimate of drug-likeness (QED) is 0.291. The molecule has 1 atom stereocenters. The average molecular weight is 462 g/mol. The molecule has 2 nitrogen and oxygen atoms in total. The summed E-state index contributed by atoms with van der Waals surface area (Å²) in [6, 6.07) is 3.43. The zero-order valence-corrected chi connectivity index (χ0v) is 14.2. The standard InChI is InChI=1S/C10H9F6O2P.CH2Cl.Pd/c11-9(12,13)4-17-6-1-7(3-8(19)2-6)18-5-10(14,15)16;1-2;/h1-3H,4-5,19H2;1H2;/q;-1;. The fourth-order valence-corrected chi connectivity index (χ4v) is 1.42. The summed E-state index contributed by atoms with van der Waals surface area (Å²) in [7, 11) is 2.14. The third-order valence-electron chi connectivity index (χ3n) is 1.71. The van der Waals surface area contributed by atoms with Gasteiger partial charge in [-0.1, -0.05) is 0 Å². The first-order valence-electron chi connectivity index (χ1n) is 5.11. The smallest absolute Gasteiger partial charge is 0.422 e. The van der Waals surface area contributed by atoms with Crippen molar-refractivity contribution in [2.24, 2.45) is 0 Å². The fourth-order valence-electron chi connectivity index (χ4n) is 1.09. The van der Waals surface area contributed by atoms with Crippen molar-refractivity contribution in [2.75, 3.05) is 13.2 Å². The second-order valence-electron chi connectivity index (χ2n) is 3.55. The molecule has 0 radical (unpaired) electrons. The van der Waals surface area contributed by atoms with E-state index in [-0.39, 0.29) is 31.9 Å². The molecule has 0 aliphatic heterocycles. The third kappa shape index (κ3) is 12.3. The van der Waals surface area contributed by atoms with Crippen molar-refractivity contribution in [1.82, 2.24) is 0 Å². The van der Waals surface area contributed by atoms with Crippen molar-refractivity contribution in [3.8, 4) is 11.5 Å². The van der Waals surface area contributed by atoms with Crippen LogP contribution < -0.4 is 14.8 Å². The third-order valence-corrected chi connectivity index (χ3v) is 2.04. The van der Waals surface area contributed by atoms with Crippen molar-refractivity contribution >= 4 is 26.1 Å². The first kappa shape index (κ1) is 24.0. The van der Waals surface area contributed by atoms with Gasteiger partial charge in [-0.3, -0.25) is 6.38 Å². The van der Waals surface area contributed by atoms with E-state index in [9.17, 15) is 26.3 Å². The molecular weight excluding hydrogens is 451 g/mol. The predicted octanol–water partition coefficient (Wildman–Crippen LogP) is 4.08. The number of hydrogen-bond donors (Lipinski definition) is 0. The van der Waals surface area contributed by atoms with Gasteiger partial charge >= 0.3 is 12.4 Å². The first-order valence-corrected chi connectivity index (χ1v) is 6.23. The van der Waals surface area contributed by atoms with Gasteiger partial charge in [-0.15, -0.1) is 9.24 Å². The number of rotatable bonds is 4. The molecule has 0 saturated heterocycles. The Kier molecular flexibility index (Phi) is 11.5. The van der Waals surface area contributed by atoms with E-state index in [1.54, 1.807) is 0 Å². The van der Waals surface area contributed by atoms with Crippen LogP contribution in [0.5, 0.6) is 11.5 Å². The molecule has 22 heavy (non-hydrogen) atoms. The van der Waals surface area contributed by atoms with E-state index in [2.05, 4.69) is 36.7 Å². The van der Waals surface area contributed by atoms with Crippen LogP contribution in [0.15, 0.2) is 18.2 Å². The Morgan fingerprint density at radius 1 is 0.864 bits per heavy atom. The minimum absolute atomic E-state index is 0. The molecule has 0 spiro atoms. The minimum atomic E-state index is -4.52. The van der Waals surface area contributed by atoms with Gasteiger partial charge < -0.3 is 21.1 Å². The molecule has 1 aromatic carbocycles. The van der Waals surface area contributed by atoms with E-state index in [0.717, 1.165) is 6.07 Å². The van der Waals surface area contributed by atoms with E-state index >= 15 is 0 Å². The molecule has 1 rings (SSSR count). The molecular formula is C11H11ClF6O2PPd-. The van der Waals surface area contributed by atoms with Crippen molar-refractivity contribution in [1.29, 1.82) is 0 Å². The molecule has 11 heteroatoms. The summed E-state index contributed by atoms with van der Waals surface area (Å²) in [5.41, 5.74) is 0. The van der Waals surface area contributed by atoms with Crippen LogP contribution in [0.4, 0.5) is 26.3 Å². The predicted molar refractivity (Wildman–Crippen MR) is 70.1 cm³/mol. The molecule has 1 unspecified atom stereocenters. The Morgan fingerprint density at radius 2 is 1.18 bits per heavy atom. The van der Waals surface area contributed by atoms with Crippen LogP contribution in [0.3, 0.4) is 0 Å². The number of halogens is 7. The van der Waals surface area contributed by atoms with Crippen LogP contribution >= 0.6 is 20.8 Å². The van der Waals surface area contributed by atoms with E-state index in [4.69, 9.17) is 0 Å². The maximum Gasteiger partial charge on any atom is 0.422 e. The molecule has 0 bridgehead atoms. The van der Waals surface area contributed by atoms with Crippen molar-refractivity contribution < 1.29 is 56.2 Å². The number of hydrogen-bond acceptors (Lipinski definition) is 2. The van der Waals surface area contributed by atoms with Crippen LogP contribution in [0.1, 0.15) is 0 Å². The number of ether oxygens (including phenoxy) is 2. The summed E-state index contributed by atoms with van der Waals surface area (Å²) in [4.78, 5) is 0. The topological polar surface area (TPSA) is 18.5 Å². The molecule has 1 aromatic rings. The fraction of sp³-hybridized carbons (Fsp3) is 0.364. The van der Waals surface area contributed by atoms with E-state index < -0.39 is 25.6 Å². The van der Waals surface area contributed by atoms with Crippen molar-refractivity contribution in [3.63, 3.8) is 0 Å². The monoisotopic (exact) mass is 461 g/mol. The molecule has 0 aliphatic rings. The maximum atomic E-state index is 11.9. The van der Waals surface area contributed by atoms with Gasteiger partial charge in [0.05, 0.1) is 0 Å². The summed E-state index contributed by atoms with van der Waals surface area (Å²) in [5.74, 6) is -0.441. The van der Waals surface area contributed by atoms with Gasteiger partial charge in [-0.2, -0.15) is 26.3 Å². The molecule has 0 fully saturated rings. The van der Waals surface area contributed by atoms with E-state index in [0.29, 0.717) is 5.30 Å². The van der Waals surface area contributed by atoms with Crippen LogP contribution in [0, 0.1) is 6.38 Å². The van der Waals surface area contributed by atoms with Gasteiger partial charge in [0.15, 0.2) is 13.2 Å². The second kappa shape index (κ2) is 10.5. The molecule has 0 heterocycles. The summed E-state index contributed by atoms with van der Waals surface area (Å²) in [6.07, 6.45) is -6.33. The van der Waals surface area contributed by atoms with Gasteiger partial charge in [-0.25, -0.2) is 0 Å². The Hall–Kier alpha value is -0.218. The molecule has 0 aliphatic carbocycles.